The minimum Gasteiger partial charge on any atom is -0.756 e. The van der Waals surface area contributed by atoms with Gasteiger partial charge in [0.2, 0.25) is 5.91 Å². The molecular formula is C8H15NNaO9P. The molecule has 0 aliphatic carbocycles. The first-order valence-electron chi connectivity index (χ1n) is 5.03. The standard InChI is InChI=1S/C8H16NO9P.Na/c1-4(11)9-5(2-10)7(13)8(14)6(12)3-18-19(15,16)17;/h2,5-8,12-14H,3H2,1H3,(H,9,11)(H2,15,16,17);/q;+1/p-1. The molecule has 0 heterocycles. The Kier molecular flexibility index (Phi) is 11.2. The number of hydrogen-bond acceptors (Lipinski definition) is 8. The van der Waals surface area contributed by atoms with Gasteiger partial charge in [-0.15, -0.1) is 0 Å². The van der Waals surface area contributed by atoms with E-state index in [-0.39, 0.29) is 35.8 Å². The van der Waals surface area contributed by atoms with Gasteiger partial charge in [0.15, 0.2) is 0 Å². The third-order valence-electron chi connectivity index (χ3n) is 2.04. The van der Waals surface area contributed by atoms with Crippen molar-refractivity contribution in [2.45, 2.75) is 31.3 Å². The average molecular weight is 323 g/mol. The number of nitrogens with one attached hydrogen (secondary N) is 1. The molecule has 0 spiro atoms. The van der Waals surface area contributed by atoms with Gasteiger partial charge in [-0.25, -0.2) is 0 Å². The van der Waals surface area contributed by atoms with Gasteiger partial charge in [0.05, 0.1) is 6.61 Å². The van der Waals surface area contributed by atoms with Crippen molar-refractivity contribution in [1.82, 2.24) is 5.32 Å². The molecule has 0 fully saturated rings. The van der Waals surface area contributed by atoms with E-state index in [1.807, 2.05) is 5.32 Å². The zero-order valence-corrected chi connectivity index (χ0v) is 13.8. The number of rotatable bonds is 8. The molecule has 12 heteroatoms. The van der Waals surface area contributed by atoms with Crippen molar-refractivity contribution in [3.05, 3.63) is 0 Å². The van der Waals surface area contributed by atoms with Gasteiger partial charge in [0, 0.05) is 6.92 Å². The summed E-state index contributed by atoms with van der Waals surface area (Å²) in [6.45, 7) is 0.0374. The topological polar surface area (TPSA) is 176 Å². The smallest absolute Gasteiger partial charge is 0.756 e. The Balaban J connectivity index is 0. The Morgan fingerprint density at radius 2 is 1.90 bits per heavy atom. The van der Waals surface area contributed by atoms with Crippen LogP contribution in [0.4, 0.5) is 0 Å². The van der Waals surface area contributed by atoms with Crippen molar-refractivity contribution in [1.29, 1.82) is 0 Å². The van der Waals surface area contributed by atoms with Crippen molar-refractivity contribution in [2.75, 3.05) is 6.61 Å². The molecule has 0 aromatic rings. The van der Waals surface area contributed by atoms with Crippen LogP contribution in [0.3, 0.4) is 0 Å². The summed E-state index contributed by atoms with van der Waals surface area (Å²) < 4.78 is 14.1. The van der Waals surface area contributed by atoms with Crippen LogP contribution in [0, 0.1) is 0 Å². The van der Waals surface area contributed by atoms with Crippen molar-refractivity contribution in [3.63, 3.8) is 0 Å². The molecule has 0 bridgehead atoms. The van der Waals surface area contributed by atoms with E-state index >= 15 is 0 Å². The Morgan fingerprint density at radius 3 is 2.25 bits per heavy atom. The van der Waals surface area contributed by atoms with Gasteiger partial charge >= 0.3 is 29.6 Å². The number of aldehydes is 1. The van der Waals surface area contributed by atoms with Gasteiger partial charge < -0.3 is 39.7 Å². The zero-order chi connectivity index (χ0) is 15.2. The maximum absolute atomic E-state index is 10.7. The Labute approximate surface area is 136 Å². The first kappa shape index (κ1) is 22.4. The number of carbonyl (C=O) groups is 2. The molecule has 1 amide bonds. The molecule has 5 unspecified atom stereocenters. The molecule has 5 N–H and O–H groups in total. The third-order valence-corrected chi connectivity index (χ3v) is 2.51. The van der Waals surface area contributed by atoms with Gasteiger partial charge in [-0.05, 0) is 0 Å². The summed E-state index contributed by atoms with van der Waals surface area (Å²) in [5.41, 5.74) is 0. The Bertz CT molecular complexity index is 362. The number of phosphoric acid groups is 1. The second kappa shape index (κ2) is 9.96. The van der Waals surface area contributed by atoms with E-state index in [0.29, 0.717) is 0 Å². The van der Waals surface area contributed by atoms with E-state index in [1.165, 1.54) is 0 Å². The molecule has 20 heavy (non-hydrogen) atoms. The fourth-order valence-electron chi connectivity index (χ4n) is 1.14. The van der Waals surface area contributed by atoms with Crippen LogP contribution in [0.1, 0.15) is 6.92 Å². The monoisotopic (exact) mass is 323 g/mol. The second-order valence-corrected chi connectivity index (χ2v) is 4.87. The maximum Gasteiger partial charge on any atom is 1.00 e. The first-order chi connectivity index (χ1) is 8.58. The maximum atomic E-state index is 10.7. The molecule has 0 aliphatic rings. The van der Waals surface area contributed by atoms with E-state index in [1.54, 1.807) is 0 Å². The van der Waals surface area contributed by atoms with E-state index < -0.39 is 44.7 Å². The predicted octanol–water partition coefficient (Wildman–Crippen LogP) is -6.75. The second-order valence-electron chi connectivity index (χ2n) is 3.68. The normalized spacial score (nSPS) is 19.7. The van der Waals surface area contributed by atoms with E-state index in [9.17, 15) is 34.4 Å². The number of carbonyl (C=O) groups excluding carboxylic acids is 2. The quantitative estimate of drug-likeness (QED) is 0.165. The van der Waals surface area contributed by atoms with Crippen molar-refractivity contribution < 1.29 is 73.3 Å². The third kappa shape index (κ3) is 9.14. The van der Waals surface area contributed by atoms with Gasteiger partial charge in [-0.3, -0.25) is 9.36 Å². The Hall–Kier alpha value is 0.130. The summed E-state index contributed by atoms with van der Waals surface area (Å²) in [6, 6.07) is -1.49. The van der Waals surface area contributed by atoms with Gasteiger partial charge in [-0.1, -0.05) is 0 Å². The van der Waals surface area contributed by atoms with Crippen molar-refractivity contribution in [2.24, 2.45) is 0 Å². The van der Waals surface area contributed by atoms with Crippen LogP contribution in [0.5, 0.6) is 0 Å². The largest absolute Gasteiger partial charge is 1.00 e. The van der Waals surface area contributed by atoms with Crippen LogP contribution in [0.25, 0.3) is 0 Å². The van der Waals surface area contributed by atoms with Crippen LogP contribution < -0.4 is 39.8 Å². The van der Waals surface area contributed by atoms with Gasteiger partial charge in [0.25, 0.3) is 7.82 Å². The molecule has 0 rings (SSSR count). The van der Waals surface area contributed by atoms with Crippen LogP contribution in [0.2, 0.25) is 0 Å². The zero-order valence-electron chi connectivity index (χ0n) is 10.9. The van der Waals surface area contributed by atoms with Gasteiger partial charge in [0.1, 0.15) is 30.6 Å². The van der Waals surface area contributed by atoms with E-state index in [2.05, 4.69) is 4.52 Å². The average Bonchev–Trinajstić information content (AvgIpc) is 2.29. The molecular weight excluding hydrogens is 308 g/mol. The van der Waals surface area contributed by atoms with Crippen LogP contribution in [-0.2, 0) is 18.7 Å². The van der Waals surface area contributed by atoms with E-state index in [4.69, 9.17) is 4.89 Å². The summed E-state index contributed by atoms with van der Waals surface area (Å²) in [6.07, 6.45) is -5.63. The predicted molar refractivity (Wildman–Crippen MR) is 57.5 cm³/mol. The number of aliphatic hydroxyl groups excluding tert-OH is 3. The molecule has 0 saturated carbocycles. The summed E-state index contributed by atoms with van der Waals surface area (Å²) in [7, 11) is -5.08. The van der Waals surface area contributed by atoms with Crippen molar-refractivity contribution in [3.8, 4) is 0 Å². The minimum absolute atomic E-state index is 0. The SMILES string of the molecule is CC(=O)NC(C=O)C(O)C(O)C(O)COP(=O)([O-])O.[Na+]. The van der Waals surface area contributed by atoms with Crippen LogP contribution >= 0.6 is 7.82 Å². The molecule has 0 aromatic heterocycles. The first-order valence-corrected chi connectivity index (χ1v) is 6.53. The number of phosphoric ester groups is 1. The number of amides is 1. The molecule has 112 valence electrons. The number of aliphatic hydroxyl groups is 3. The molecule has 5 atom stereocenters. The summed E-state index contributed by atoms with van der Waals surface area (Å²) in [4.78, 5) is 39.8. The summed E-state index contributed by atoms with van der Waals surface area (Å²) in [5, 5.41) is 30.2. The van der Waals surface area contributed by atoms with Crippen LogP contribution in [-0.4, -0.2) is 63.4 Å². The molecule has 0 saturated heterocycles. The summed E-state index contributed by atoms with van der Waals surface area (Å²) in [5.74, 6) is -0.659. The van der Waals surface area contributed by atoms with Crippen LogP contribution in [0.15, 0.2) is 0 Å². The molecule has 0 aromatic carbocycles. The molecule has 0 radical (unpaired) electrons. The minimum atomic E-state index is -5.08. The van der Waals surface area contributed by atoms with Gasteiger partial charge in [-0.2, -0.15) is 0 Å². The van der Waals surface area contributed by atoms with Crippen molar-refractivity contribution >= 4 is 20.0 Å². The number of hydrogen-bond donors (Lipinski definition) is 5. The fraction of sp³-hybridized carbons (Fsp3) is 0.750. The van der Waals surface area contributed by atoms with E-state index in [0.717, 1.165) is 6.92 Å². The molecule has 10 nitrogen and oxygen atoms in total. The molecule has 0 aliphatic heterocycles. The Morgan fingerprint density at radius 1 is 1.40 bits per heavy atom. The summed E-state index contributed by atoms with van der Waals surface area (Å²) >= 11 is 0. The fourth-order valence-corrected chi connectivity index (χ4v) is 1.48.